The third kappa shape index (κ3) is 6.78. The number of nitrogens with zero attached hydrogens (tertiary/aromatic N) is 3. The molecule has 3 aromatic rings. The zero-order valence-corrected chi connectivity index (χ0v) is 17.3. The molecule has 1 atom stereocenters. The Hall–Kier alpha value is -4.00. The fraction of sp³-hybridized carbons (Fsp3) is 0.167. The first-order valence-corrected chi connectivity index (χ1v) is 9.86. The molecule has 0 heterocycles. The number of aliphatic imine (C=N–C) groups is 1. The molecule has 0 aromatic heterocycles. The van der Waals surface area contributed by atoms with Crippen LogP contribution in [-0.4, -0.2) is 24.9 Å². The van der Waals surface area contributed by atoms with Crippen LogP contribution in [0.1, 0.15) is 11.1 Å². The van der Waals surface area contributed by atoms with Crippen molar-refractivity contribution < 1.29 is 9.53 Å². The highest BCUT2D eigenvalue weighted by Gasteiger charge is 2.22. The Balaban J connectivity index is 1.73. The molecule has 0 spiro atoms. The standard InChI is InChI=1S/C24H25N5O2/c1-31-21-14-12-19(13-15-21)17-27-24(30)22(29-28-20-10-6-3-7-11-20)23(25)26-16-18-8-4-2-5-9-18/h2-15,22H,16-17H2,1H3,(H2,25,26)(H,27,30). The number of ether oxygens (including phenoxy) is 1. The van der Waals surface area contributed by atoms with E-state index in [2.05, 4.69) is 20.5 Å². The van der Waals surface area contributed by atoms with Crippen molar-refractivity contribution in [3.8, 4) is 5.75 Å². The van der Waals surface area contributed by atoms with E-state index in [1.165, 1.54) is 0 Å². The predicted molar refractivity (Wildman–Crippen MR) is 121 cm³/mol. The Morgan fingerprint density at radius 3 is 2.23 bits per heavy atom. The minimum Gasteiger partial charge on any atom is -0.497 e. The average Bonchev–Trinajstić information content (AvgIpc) is 2.83. The molecule has 1 amide bonds. The van der Waals surface area contributed by atoms with Gasteiger partial charge in [0.15, 0.2) is 0 Å². The van der Waals surface area contributed by atoms with Crippen LogP contribution in [0.3, 0.4) is 0 Å². The van der Waals surface area contributed by atoms with Crippen molar-refractivity contribution in [1.82, 2.24) is 5.32 Å². The third-order valence-electron chi connectivity index (χ3n) is 4.49. The van der Waals surface area contributed by atoms with E-state index in [1.807, 2.05) is 72.8 Å². The summed E-state index contributed by atoms with van der Waals surface area (Å²) in [5.74, 6) is 0.488. The van der Waals surface area contributed by atoms with Gasteiger partial charge in [-0.05, 0) is 35.4 Å². The Morgan fingerprint density at radius 2 is 1.58 bits per heavy atom. The highest BCUT2D eigenvalue weighted by atomic mass is 16.5. The smallest absolute Gasteiger partial charge is 0.254 e. The van der Waals surface area contributed by atoms with Gasteiger partial charge >= 0.3 is 0 Å². The summed E-state index contributed by atoms with van der Waals surface area (Å²) in [5, 5.41) is 11.2. The molecule has 0 fully saturated rings. The maximum atomic E-state index is 12.9. The van der Waals surface area contributed by atoms with Crippen molar-refractivity contribution in [1.29, 1.82) is 0 Å². The number of methoxy groups -OCH3 is 1. The topological polar surface area (TPSA) is 101 Å². The lowest BCUT2D eigenvalue weighted by Gasteiger charge is -2.12. The number of hydrogen-bond donors (Lipinski definition) is 2. The molecule has 0 bridgehead atoms. The van der Waals surface area contributed by atoms with Crippen molar-refractivity contribution in [3.63, 3.8) is 0 Å². The summed E-state index contributed by atoms with van der Waals surface area (Å²) < 4.78 is 5.15. The molecule has 3 rings (SSSR count). The van der Waals surface area contributed by atoms with E-state index >= 15 is 0 Å². The van der Waals surface area contributed by atoms with E-state index < -0.39 is 6.04 Å². The van der Waals surface area contributed by atoms with Gasteiger partial charge < -0.3 is 15.8 Å². The normalized spacial score (nSPS) is 12.5. The largest absolute Gasteiger partial charge is 0.497 e. The predicted octanol–water partition coefficient (Wildman–Crippen LogP) is 4.02. The molecule has 7 nitrogen and oxygen atoms in total. The number of nitrogens with one attached hydrogen (secondary N) is 1. The van der Waals surface area contributed by atoms with E-state index in [0.717, 1.165) is 16.9 Å². The minimum atomic E-state index is -1.03. The molecule has 0 aliphatic heterocycles. The van der Waals surface area contributed by atoms with Gasteiger partial charge in [-0.2, -0.15) is 10.2 Å². The molecule has 0 saturated carbocycles. The Labute approximate surface area is 181 Å². The van der Waals surface area contributed by atoms with Crippen LogP contribution in [0.4, 0.5) is 5.69 Å². The van der Waals surface area contributed by atoms with Crippen LogP contribution < -0.4 is 15.8 Å². The average molecular weight is 415 g/mol. The number of carbonyl (C=O) groups excluding carboxylic acids is 1. The Bertz CT molecular complexity index is 1020. The summed E-state index contributed by atoms with van der Waals surface area (Å²) >= 11 is 0. The lowest BCUT2D eigenvalue weighted by Crippen LogP contribution is -2.42. The van der Waals surface area contributed by atoms with E-state index in [1.54, 1.807) is 19.2 Å². The summed E-state index contributed by atoms with van der Waals surface area (Å²) in [5.41, 5.74) is 8.70. The number of rotatable bonds is 9. The van der Waals surface area contributed by atoms with Crippen LogP contribution in [-0.2, 0) is 17.9 Å². The maximum absolute atomic E-state index is 12.9. The van der Waals surface area contributed by atoms with Gasteiger partial charge in [0.05, 0.1) is 19.3 Å². The second-order valence-corrected chi connectivity index (χ2v) is 6.75. The van der Waals surface area contributed by atoms with Gasteiger partial charge in [-0.15, -0.1) is 0 Å². The van der Waals surface area contributed by atoms with E-state index in [9.17, 15) is 4.79 Å². The fourth-order valence-corrected chi connectivity index (χ4v) is 2.75. The first kappa shape index (κ1) is 21.7. The van der Waals surface area contributed by atoms with Crippen LogP contribution in [0.25, 0.3) is 0 Å². The van der Waals surface area contributed by atoms with Crippen molar-refractivity contribution in [2.24, 2.45) is 21.0 Å². The summed E-state index contributed by atoms with van der Waals surface area (Å²) in [4.78, 5) is 17.2. The summed E-state index contributed by atoms with van der Waals surface area (Å²) in [7, 11) is 1.61. The molecule has 3 N–H and O–H groups in total. The first-order valence-electron chi connectivity index (χ1n) is 9.86. The van der Waals surface area contributed by atoms with Crippen LogP contribution in [0.5, 0.6) is 5.75 Å². The minimum absolute atomic E-state index is 0.107. The van der Waals surface area contributed by atoms with Crippen molar-refractivity contribution in [2.45, 2.75) is 19.1 Å². The molecular weight excluding hydrogens is 390 g/mol. The quantitative estimate of drug-likeness (QED) is 0.313. The summed E-state index contributed by atoms with van der Waals surface area (Å²) in [6, 6.07) is 25.3. The molecule has 1 unspecified atom stereocenters. The Morgan fingerprint density at radius 1 is 0.935 bits per heavy atom. The van der Waals surface area contributed by atoms with Gasteiger partial charge in [0.1, 0.15) is 11.6 Å². The second-order valence-electron chi connectivity index (χ2n) is 6.75. The number of amidine groups is 1. The highest BCUT2D eigenvalue weighted by Crippen LogP contribution is 2.13. The van der Waals surface area contributed by atoms with Crippen molar-refractivity contribution in [3.05, 3.63) is 96.1 Å². The second kappa shape index (κ2) is 11.3. The molecule has 31 heavy (non-hydrogen) atoms. The number of azo groups is 1. The molecule has 7 heteroatoms. The van der Waals surface area contributed by atoms with Gasteiger partial charge in [0.2, 0.25) is 6.04 Å². The molecule has 0 aliphatic rings. The van der Waals surface area contributed by atoms with Gasteiger partial charge in [0, 0.05) is 6.54 Å². The van der Waals surface area contributed by atoms with E-state index in [-0.39, 0.29) is 11.7 Å². The van der Waals surface area contributed by atoms with Crippen LogP contribution in [0, 0.1) is 0 Å². The van der Waals surface area contributed by atoms with Gasteiger partial charge in [-0.3, -0.25) is 9.79 Å². The van der Waals surface area contributed by atoms with Crippen molar-refractivity contribution in [2.75, 3.05) is 7.11 Å². The molecule has 0 radical (unpaired) electrons. The monoisotopic (exact) mass is 415 g/mol. The molecule has 3 aromatic carbocycles. The van der Waals surface area contributed by atoms with E-state index in [4.69, 9.17) is 10.5 Å². The fourth-order valence-electron chi connectivity index (χ4n) is 2.75. The zero-order valence-electron chi connectivity index (χ0n) is 17.3. The SMILES string of the molecule is COc1ccc(CNC(=O)C(N=Nc2ccccc2)C(N)=NCc2ccccc2)cc1. The lowest BCUT2D eigenvalue weighted by molar-refractivity contribution is -0.121. The zero-order chi connectivity index (χ0) is 21.9. The number of hydrogen-bond acceptors (Lipinski definition) is 5. The van der Waals surface area contributed by atoms with Gasteiger partial charge in [-0.1, -0.05) is 60.7 Å². The highest BCUT2D eigenvalue weighted by molar-refractivity contribution is 6.06. The van der Waals surface area contributed by atoms with E-state index in [0.29, 0.717) is 18.8 Å². The first-order chi connectivity index (χ1) is 15.2. The number of amides is 1. The lowest BCUT2D eigenvalue weighted by atomic mass is 10.2. The molecule has 158 valence electrons. The van der Waals surface area contributed by atoms with Gasteiger partial charge in [0.25, 0.3) is 5.91 Å². The van der Waals surface area contributed by atoms with Crippen LogP contribution in [0.2, 0.25) is 0 Å². The third-order valence-corrected chi connectivity index (χ3v) is 4.49. The van der Waals surface area contributed by atoms with Gasteiger partial charge in [-0.25, -0.2) is 0 Å². The number of nitrogens with two attached hydrogens (primary N) is 1. The Kier molecular flexibility index (Phi) is 7.88. The van der Waals surface area contributed by atoms with Crippen LogP contribution in [0.15, 0.2) is 100 Å². The summed E-state index contributed by atoms with van der Waals surface area (Å²) in [6.07, 6.45) is 0. The molecular formula is C24H25N5O2. The summed E-state index contributed by atoms with van der Waals surface area (Å²) in [6.45, 7) is 0.682. The maximum Gasteiger partial charge on any atom is 0.254 e. The number of carbonyl (C=O) groups is 1. The van der Waals surface area contributed by atoms with Crippen LogP contribution >= 0.6 is 0 Å². The molecule has 0 saturated heterocycles. The number of benzene rings is 3. The molecule has 0 aliphatic carbocycles. The van der Waals surface area contributed by atoms with Crippen molar-refractivity contribution >= 4 is 17.4 Å².